The molecule has 0 aliphatic heterocycles. The first-order valence-electron chi connectivity index (χ1n) is 5.42. The lowest BCUT2D eigenvalue weighted by atomic mass is 9.77. The lowest BCUT2D eigenvalue weighted by Gasteiger charge is -2.42. The Bertz CT molecular complexity index is 266. The molecule has 0 N–H and O–H groups in total. The maximum absolute atomic E-state index is 11.7. The molecule has 0 unspecified atom stereocenters. The van der Waals surface area contributed by atoms with Crippen molar-refractivity contribution < 1.29 is 9.53 Å². The van der Waals surface area contributed by atoms with E-state index in [9.17, 15) is 4.79 Å². The monoisotopic (exact) mass is 210 g/mol. The van der Waals surface area contributed by atoms with Crippen LogP contribution in [0, 0.1) is 11.3 Å². The van der Waals surface area contributed by atoms with Gasteiger partial charge in [-0.15, -0.1) is 0 Å². The van der Waals surface area contributed by atoms with Crippen molar-refractivity contribution in [2.24, 2.45) is 0 Å². The van der Waals surface area contributed by atoms with Crippen LogP contribution in [0.1, 0.15) is 32.6 Å². The molecule has 0 spiro atoms. The van der Waals surface area contributed by atoms with Gasteiger partial charge in [0.05, 0.1) is 6.07 Å². The molecule has 1 rings (SSSR count). The summed E-state index contributed by atoms with van der Waals surface area (Å²) in [6.07, 6.45) is 3.51. The van der Waals surface area contributed by atoms with Crippen molar-refractivity contribution in [1.82, 2.24) is 4.90 Å². The van der Waals surface area contributed by atoms with Crippen LogP contribution in [0.3, 0.4) is 0 Å². The summed E-state index contributed by atoms with van der Waals surface area (Å²) in [5.41, 5.74) is -0.549. The first-order chi connectivity index (χ1) is 7.16. The summed E-state index contributed by atoms with van der Waals surface area (Å²) in [6, 6.07) is 2.24. The fourth-order valence-corrected chi connectivity index (χ4v) is 1.67. The van der Waals surface area contributed by atoms with Gasteiger partial charge in [0, 0.05) is 13.7 Å². The second kappa shape index (κ2) is 5.13. The third kappa shape index (κ3) is 2.48. The largest absolute Gasteiger partial charge is 0.372 e. The van der Waals surface area contributed by atoms with E-state index in [1.54, 1.807) is 11.9 Å². The molecule has 4 heteroatoms. The third-order valence-corrected chi connectivity index (χ3v) is 2.98. The average molecular weight is 210 g/mol. The van der Waals surface area contributed by atoms with Crippen molar-refractivity contribution in [3.05, 3.63) is 0 Å². The predicted octanol–water partition coefficient (Wildman–Crippen LogP) is 1.32. The van der Waals surface area contributed by atoms with Crippen LogP contribution in [0.2, 0.25) is 0 Å². The molecule has 0 bridgehead atoms. The van der Waals surface area contributed by atoms with Gasteiger partial charge in [-0.2, -0.15) is 5.26 Å². The molecule has 84 valence electrons. The summed E-state index contributed by atoms with van der Waals surface area (Å²) < 4.78 is 5.17. The van der Waals surface area contributed by atoms with Crippen LogP contribution >= 0.6 is 0 Å². The van der Waals surface area contributed by atoms with Crippen LogP contribution in [0.4, 0.5) is 0 Å². The standard InChI is InChI=1S/C11H18N2O2/c1-3-7-15-8-10(14)13(2)11(9-12)5-4-6-11/h3-8H2,1-2H3. The van der Waals surface area contributed by atoms with Crippen molar-refractivity contribution in [3.63, 3.8) is 0 Å². The molecule has 0 aromatic heterocycles. The van der Waals surface area contributed by atoms with Gasteiger partial charge in [-0.05, 0) is 25.7 Å². The van der Waals surface area contributed by atoms with Gasteiger partial charge in [-0.3, -0.25) is 4.79 Å². The summed E-state index contributed by atoms with van der Waals surface area (Å²) in [5.74, 6) is -0.0929. The number of hydrogen-bond donors (Lipinski definition) is 0. The molecular weight excluding hydrogens is 192 g/mol. The topological polar surface area (TPSA) is 53.3 Å². The number of ether oxygens (including phenoxy) is 1. The average Bonchev–Trinajstić information content (AvgIpc) is 2.17. The van der Waals surface area contributed by atoms with E-state index in [1.807, 2.05) is 6.92 Å². The number of rotatable bonds is 5. The summed E-state index contributed by atoms with van der Waals surface area (Å²) >= 11 is 0. The number of carbonyl (C=O) groups excluding carboxylic acids is 1. The smallest absolute Gasteiger partial charge is 0.249 e. The second-order valence-corrected chi connectivity index (χ2v) is 4.00. The lowest BCUT2D eigenvalue weighted by molar-refractivity contribution is -0.141. The van der Waals surface area contributed by atoms with Gasteiger partial charge in [0.1, 0.15) is 12.1 Å². The van der Waals surface area contributed by atoms with Crippen molar-refractivity contribution in [2.75, 3.05) is 20.3 Å². The number of nitrogens with zero attached hydrogens (tertiary/aromatic N) is 2. The van der Waals surface area contributed by atoms with Gasteiger partial charge >= 0.3 is 0 Å². The fraction of sp³-hybridized carbons (Fsp3) is 0.818. The van der Waals surface area contributed by atoms with Gasteiger partial charge < -0.3 is 9.64 Å². The Morgan fingerprint density at radius 3 is 2.67 bits per heavy atom. The van der Waals surface area contributed by atoms with Crippen LogP contribution in [0.25, 0.3) is 0 Å². The predicted molar refractivity (Wildman–Crippen MR) is 56.1 cm³/mol. The van der Waals surface area contributed by atoms with Crippen molar-refractivity contribution in [1.29, 1.82) is 5.26 Å². The van der Waals surface area contributed by atoms with Gasteiger partial charge in [-0.1, -0.05) is 6.92 Å². The van der Waals surface area contributed by atoms with E-state index in [-0.39, 0.29) is 12.5 Å². The molecule has 0 aromatic rings. The first kappa shape index (κ1) is 12.0. The van der Waals surface area contributed by atoms with Crippen molar-refractivity contribution in [3.8, 4) is 6.07 Å². The zero-order valence-corrected chi connectivity index (χ0v) is 9.45. The molecule has 0 saturated heterocycles. The van der Waals surface area contributed by atoms with E-state index in [0.717, 1.165) is 25.7 Å². The highest BCUT2D eigenvalue weighted by molar-refractivity contribution is 5.78. The minimum absolute atomic E-state index is 0.0910. The second-order valence-electron chi connectivity index (χ2n) is 4.00. The maximum atomic E-state index is 11.7. The molecule has 0 radical (unpaired) electrons. The van der Waals surface area contributed by atoms with Crippen molar-refractivity contribution in [2.45, 2.75) is 38.1 Å². The number of carbonyl (C=O) groups is 1. The number of likely N-dealkylation sites (N-methyl/N-ethyl adjacent to an activating group) is 1. The molecule has 1 fully saturated rings. The molecule has 1 amide bonds. The van der Waals surface area contributed by atoms with Gasteiger partial charge in [-0.25, -0.2) is 0 Å². The highest BCUT2D eigenvalue weighted by Crippen LogP contribution is 2.36. The minimum Gasteiger partial charge on any atom is -0.372 e. The van der Waals surface area contributed by atoms with Crippen molar-refractivity contribution >= 4 is 5.91 Å². The highest BCUT2D eigenvalue weighted by atomic mass is 16.5. The molecule has 0 heterocycles. The zero-order chi connectivity index (χ0) is 11.3. The Balaban J connectivity index is 2.42. The summed E-state index contributed by atoms with van der Waals surface area (Å²) in [4.78, 5) is 13.2. The molecule has 1 aliphatic rings. The zero-order valence-electron chi connectivity index (χ0n) is 9.45. The van der Waals surface area contributed by atoms with E-state index in [4.69, 9.17) is 10.00 Å². The van der Waals surface area contributed by atoms with Gasteiger partial charge in [0.25, 0.3) is 0 Å². The highest BCUT2D eigenvalue weighted by Gasteiger charge is 2.43. The van der Waals surface area contributed by atoms with E-state index in [1.165, 1.54) is 0 Å². The summed E-state index contributed by atoms with van der Waals surface area (Å²) in [5, 5.41) is 9.04. The Hall–Kier alpha value is -1.08. The summed E-state index contributed by atoms with van der Waals surface area (Å²) in [6.45, 7) is 2.68. The fourth-order valence-electron chi connectivity index (χ4n) is 1.67. The minimum atomic E-state index is -0.549. The SMILES string of the molecule is CCCOCC(=O)N(C)C1(C#N)CCC1. The number of amides is 1. The lowest BCUT2D eigenvalue weighted by Crippen LogP contribution is -2.54. The third-order valence-electron chi connectivity index (χ3n) is 2.98. The van der Waals surface area contributed by atoms with Gasteiger partial charge in [0.15, 0.2) is 0 Å². The Morgan fingerprint density at radius 1 is 1.60 bits per heavy atom. The van der Waals surface area contributed by atoms with E-state index in [2.05, 4.69) is 6.07 Å². The van der Waals surface area contributed by atoms with Crippen LogP contribution in [0.15, 0.2) is 0 Å². The van der Waals surface area contributed by atoms with E-state index < -0.39 is 5.54 Å². The van der Waals surface area contributed by atoms with Crippen LogP contribution in [0.5, 0.6) is 0 Å². The van der Waals surface area contributed by atoms with E-state index >= 15 is 0 Å². The summed E-state index contributed by atoms with van der Waals surface area (Å²) in [7, 11) is 1.69. The maximum Gasteiger partial charge on any atom is 0.249 e. The molecule has 0 aromatic carbocycles. The quantitative estimate of drug-likeness (QED) is 0.643. The van der Waals surface area contributed by atoms with Crippen LogP contribution < -0.4 is 0 Å². The number of nitriles is 1. The van der Waals surface area contributed by atoms with Gasteiger partial charge in [0.2, 0.25) is 5.91 Å². The molecule has 1 saturated carbocycles. The normalized spacial score (nSPS) is 17.7. The number of hydrogen-bond acceptors (Lipinski definition) is 3. The molecule has 15 heavy (non-hydrogen) atoms. The molecule has 4 nitrogen and oxygen atoms in total. The first-order valence-corrected chi connectivity index (χ1v) is 5.42. The Labute approximate surface area is 90.8 Å². The Kier molecular flexibility index (Phi) is 4.10. The van der Waals surface area contributed by atoms with Crippen LogP contribution in [-0.2, 0) is 9.53 Å². The van der Waals surface area contributed by atoms with E-state index in [0.29, 0.717) is 6.61 Å². The molecule has 0 atom stereocenters. The molecule has 1 aliphatic carbocycles. The molecular formula is C11H18N2O2. The van der Waals surface area contributed by atoms with Crippen LogP contribution in [-0.4, -0.2) is 36.6 Å². The Morgan fingerprint density at radius 2 is 2.27 bits per heavy atom.